The number of alkyl halides is 1. The van der Waals surface area contributed by atoms with E-state index in [1.807, 2.05) is 0 Å². The van der Waals surface area contributed by atoms with Crippen molar-refractivity contribution in [1.29, 1.82) is 0 Å². The van der Waals surface area contributed by atoms with E-state index in [4.69, 9.17) is 16.3 Å². The van der Waals surface area contributed by atoms with Gasteiger partial charge in [0, 0.05) is 5.88 Å². The van der Waals surface area contributed by atoms with Gasteiger partial charge in [-0.15, -0.1) is 11.6 Å². The summed E-state index contributed by atoms with van der Waals surface area (Å²) in [4.78, 5) is 0. The van der Waals surface area contributed by atoms with E-state index < -0.39 is 0 Å². The van der Waals surface area contributed by atoms with Gasteiger partial charge in [-0.2, -0.15) is 0 Å². The van der Waals surface area contributed by atoms with Crippen molar-refractivity contribution in [2.45, 2.75) is 38.5 Å². The summed E-state index contributed by atoms with van der Waals surface area (Å²) in [5, 5.41) is 0. The Balaban J connectivity index is 1.56. The quantitative estimate of drug-likeness (QED) is 0.676. The second kappa shape index (κ2) is 6.39. The Hall–Kier alpha value is -0.690. The molecule has 2 aliphatic rings. The van der Waals surface area contributed by atoms with Crippen LogP contribution >= 0.6 is 11.6 Å². The molecule has 0 amide bonds. The molecule has 1 nitrogen and oxygen atoms in total. The average Bonchev–Trinajstić information content (AvgIpc) is 3.10. The molecular weight excluding hydrogens is 268 g/mol. The van der Waals surface area contributed by atoms with Gasteiger partial charge in [0.05, 0.1) is 7.11 Å². The Morgan fingerprint density at radius 1 is 1.20 bits per heavy atom. The van der Waals surface area contributed by atoms with Gasteiger partial charge in [0.2, 0.25) is 0 Å². The first-order valence-electron chi connectivity index (χ1n) is 7.97. The lowest BCUT2D eigenvalue weighted by atomic mass is 9.81. The van der Waals surface area contributed by atoms with E-state index in [1.165, 1.54) is 37.7 Å². The number of benzene rings is 1. The van der Waals surface area contributed by atoms with E-state index in [1.54, 1.807) is 7.11 Å². The highest BCUT2D eigenvalue weighted by Crippen LogP contribution is 2.50. The normalized spacial score (nSPS) is 29.6. The van der Waals surface area contributed by atoms with Crippen LogP contribution in [0.5, 0.6) is 5.75 Å². The smallest absolute Gasteiger partial charge is 0.118 e. The monoisotopic (exact) mass is 292 g/mol. The lowest BCUT2D eigenvalue weighted by Crippen LogP contribution is -2.17. The van der Waals surface area contributed by atoms with Crippen molar-refractivity contribution in [3.8, 4) is 5.75 Å². The Bertz CT molecular complexity index is 428. The molecule has 4 atom stereocenters. The number of rotatable bonds is 6. The van der Waals surface area contributed by atoms with Crippen molar-refractivity contribution < 1.29 is 4.74 Å². The van der Waals surface area contributed by atoms with Crippen molar-refractivity contribution in [1.82, 2.24) is 0 Å². The highest BCUT2D eigenvalue weighted by atomic mass is 35.5. The van der Waals surface area contributed by atoms with Gasteiger partial charge < -0.3 is 4.74 Å². The first-order valence-corrected chi connectivity index (χ1v) is 8.50. The van der Waals surface area contributed by atoms with Crippen LogP contribution in [-0.2, 0) is 6.42 Å². The third-order valence-electron chi connectivity index (χ3n) is 5.42. The molecular formula is C18H25ClO. The molecule has 0 spiro atoms. The van der Waals surface area contributed by atoms with Crippen molar-refractivity contribution in [3.05, 3.63) is 29.8 Å². The summed E-state index contributed by atoms with van der Waals surface area (Å²) in [5.74, 6) is 5.37. The molecule has 2 bridgehead atoms. The van der Waals surface area contributed by atoms with Gasteiger partial charge in [-0.3, -0.25) is 0 Å². The molecule has 0 saturated heterocycles. The molecule has 2 fully saturated rings. The first kappa shape index (κ1) is 14.3. The Morgan fingerprint density at radius 2 is 2.00 bits per heavy atom. The number of ether oxygens (including phenoxy) is 1. The summed E-state index contributed by atoms with van der Waals surface area (Å²) in [7, 11) is 1.71. The maximum absolute atomic E-state index is 6.23. The van der Waals surface area contributed by atoms with E-state index in [0.29, 0.717) is 5.92 Å². The molecule has 2 aliphatic carbocycles. The third-order valence-corrected chi connectivity index (χ3v) is 5.86. The molecule has 2 heteroatoms. The highest BCUT2D eigenvalue weighted by molar-refractivity contribution is 6.18. The zero-order valence-corrected chi connectivity index (χ0v) is 13.1. The van der Waals surface area contributed by atoms with Crippen LogP contribution in [0.4, 0.5) is 0 Å². The van der Waals surface area contributed by atoms with Crippen LogP contribution in [0.15, 0.2) is 24.3 Å². The molecule has 20 heavy (non-hydrogen) atoms. The largest absolute Gasteiger partial charge is 0.497 e. The summed E-state index contributed by atoms with van der Waals surface area (Å²) in [5.41, 5.74) is 1.39. The molecule has 0 radical (unpaired) electrons. The Morgan fingerprint density at radius 3 is 2.55 bits per heavy atom. The van der Waals surface area contributed by atoms with E-state index in [-0.39, 0.29) is 0 Å². The highest BCUT2D eigenvalue weighted by Gasteiger charge is 2.39. The van der Waals surface area contributed by atoms with E-state index >= 15 is 0 Å². The molecule has 0 heterocycles. The van der Waals surface area contributed by atoms with Crippen LogP contribution in [-0.4, -0.2) is 13.0 Å². The first-order chi connectivity index (χ1) is 9.78. The maximum Gasteiger partial charge on any atom is 0.118 e. The molecule has 110 valence electrons. The average molecular weight is 293 g/mol. The predicted molar refractivity (Wildman–Crippen MR) is 84.5 cm³/mol. The van der Waals surface area contributed by atoms with E-state index in [9.17, 15) is 0 Å². The summed E-state index contributed by atoms with van der Waals surface area (Å²) < 4.78 is 5.22. The van der Waals surface area contributed by atoms with Crippen molar-refractivity contribution in [3.63, 3.8) is 0 Å². The van der Waals surface area contributed by atoms with Crippen LogP contribution in [0.25, 0.3) is 0 Å². The van der Waals surface area contributed by atoms with Gasteiger partial charge >= 0.3 is 0 Å². The molecule has 3 rings (SSSR count). The topological polar surface area (TPSA) is 9.23 Å². The summed E-state index contributed by atoms with van der Waals surface area (Å²) in [6.45, 7) is 0. The molecule has 4 unspecified atom stereocenters. The molecule has 0 N–H and O–H groups in total. The van der Waals surface area contributed by atoms with Gasteiger partial charge in [0.25, 0.3) is 0 Å². The molecule has 1 aromatic carbocycles. The number of methoxy groups -OCH3 is 1. The lowest BCUT2D eigenvalue weighted by Gasteiger charge is -2.25. The van der Waals surface area contributed by atoms with Crippen LogP contribution in [0.2, 0.25) is 0 Å². The van der Waals surface area contributed by atoms with Crippen molar-refractivity contribution >= 4 is 11.6 Å². The maximum atomic E-state index is 6.23. The molecule has 1 aromatic rings. The lowest BCUT2D eigenvalue weighted by molar-refractivity contribution is 0.276. The summed E-state index contributed by atoms with van der Waals surface area (Å²) in [6.07, 6.45) is 8.39. The van der Waals surface area contributed by atoms with Crippen LogP contribution < -0.4 is 4.74 Å². The van der Waals surface area contributed by atoms with Crippen LogP contribution in [0.3, 0.4) is 0 Å². The minimum atomic E-state index is 0.634. The second-order valence-electron chi connectivity index (χ2n) is 6.74. The SMILES string of the molecule is COc1ccc(CC(CCl)CC2CC3CCC2C3)cc1. The molecule has 0 aromatic heterocycles. The van der Waals surface area contributed by atoms with Gasteiger partial charge in [-0.1, -0.05) is 18.6 Å². The summed E-state index contributed by atoms with van der Waals surface area (Å²) in [6, 6.07) is 8.47. The number of hydrogen-bond acceptors (Lipinski definition) is 1. The van der Waals surface area contributed by atoms with Gasteiger partial charge in [-0.05, 0) is 73.5 Å². The zero-order valence-electron chi connectivity index (χ0n) is 12.4. The van der Waals surface area contributed by atoms with Crippen LogP contribution in [0, 0.1) is 23.7 Å². The number of fused-ring (bicyclic) bond motifs is 2. The van der Waals surface area contributed by atoms with E-state index in [0.717, 1.165) is 35.8 Å². The number of hydrogen-bond donors (Lipinski definition) is 0. The number of halogens is 1. The predicted octanol–water partition coefficient (Wildman–Crippen LogP) is 4.92. The minimum Gasteiger partial charge on any atom is -0.497 e. The Kier molecular flexibility index (Phi) is 4.55. The van der Waals surface area contributed by atoms with Crippen molar-refractivity contribution in [2.24, 2.45) is 23.7 Å². The molecule has 0 aliphatic heterocycles. The van der Waals surface area contributed by atoms with Gasteiger partial charge in [0.1, 0.15) is 5.75 Å². The fourth-order valence-corrected chi connectivity index (χ4v) is 4.62. The Labute approximate surface area is 127 Å². The molecule has 2 saturated carbocycles. The minimum absolute atomic E-state index is 0.634. The van der Waals surface area contributed by atoms with Crippen LogP contribution in [0.1, 0.15) is 37.7 Å². The second-order valence-corrected chi connectivity index (χ2v) is 7.05. The van der Waals surface area contributed by atoms with E-state index in [2.05, 4.69) is 24.3 Å². The fraction of sp³-hybridized carbons (Fsp3) is 0.667. The van der Waals surface area contributed by atoms with Gasteiger partial charge in [-0.25, -0.2) is 0 Å². The third kappa shape index (κ3) is 3.14. The van der Waals surface area contributed by atoms with Gasteiger partial charge in [0.15, 0.2) is 0 Å². The standard InChI is InChI=1S/C18H25ClO/c1-20-18-6-3-13(4-7-18)8-15(12-19)11-17-10-14-2-5-16(17)9-14/h3-4,6-7,14-17H,2,5,8-12H2,1H3. The van der Waals surface area contributed by atoms with Crippen molar-refractivity contribution in [2.75, 3.05) is 13.0 Å². The zero-order chi connectivity index (χ0) is 13.9. The fourth-order valence-electron chi connectivity index (χ4n) is 4.39. The summed E-state index contributed by atoms with van der Waals surface area (Å²) >= 11 is 6.23.